The van der Waals surface area contributed by atoms with E-state index in [1.165, 1.54) is 0 Å². The first-order valence-corrected chi connectivity index (χ1v) is 5.52. The van der Waals surface area contributed by atoms with E-state index in [1.54, 1.807) is 16.3 Å². The Kier molecular flexibility index (Phi) is 1.90. The molecule has 0 N–H and O–H groups in total. The highest BCUT2D eigenvalue weighted by Crippen LogP contribution is 2.22. The van der Waals surface area contributed by atoms with Gasteiger partial charge in [0.25, 0.3) is 5.56 Å². The maximum absolute atomic E-state index is 12.3. The van der Waals surface area contributed by atoms with Crippen molar-refractivity contribution in [2.45, 2.75) is 6.92 Å². The third kappa shape index (κ3) is 1.18. The predicted octanol–water partition coefficient (Wildman–Crippen LogP) is 1.73. The molecule has 2 heterocycles. The van der Waals surface area contributed by atoms with Gasteiger partial charge in [0, 0.05) is 25.2 Å². The molecule has 0 aliphatic rings. The molecular weight excluding hydrogens is 214 g/mol. The van der Waals surface area contributed by atoms with Gasteiger partial charge in [-0.3, -0.25) is 9.48 Å². The lowest BCUT2D eigenvalue weighted by atomic mass is 10.1. The van der Waals surface area contributed by atoms with E-state index in [9.17, 15) is 4.79 Å². The molecule has 0 unspecified atom stereocenters. The molecule has 0 radical (unpaired) electrons. The number of hydrogen-bond acceptors (Lipinski definition) is 2. The summed E-state index contributed by atoms with van der Waals surface area (Å²) in [5, 5.41) is 6.18. The Hall–Kier alpha value is -2.10. The number of pyridine rings is 1. The minimum absolute atomic E-state index is 0.0179. The smallest absolute Gasteiger partial charge is 0.262 e. The van der Waals surface area contributed by atoms with Crippen molar-refractivity contribution < 1.29 is 0 Å². The summed E-state index contributed by atoms with van der Waals surface area (Å²) >= 11 is 0. The van der Waals surface area contributed by atoms with Gasteiger partial charge in [-0.1, -0.05) is 18.2 Å². The van der Waals surface area contributed by atoms with E-state index in [2.05, 4.69) is 5.10 Å². The third-order valence-electron chi connectivity index (χ3n) is 3.37. The van der Waals surface area contributed by atoms with Crippen molar-refractivity contribution >= 4 is 21.8 Å². The highest BCUT2D eigenvalue weighted by molar-refractivity contribution is 6.03. The fraction of sp³-hybridized carbons (Fsp3) is 0.231. The summed E-state index contributed by atoms with van der Waals surface area (Å²) in [6.45, 7) is 1.92. The number of fused-ring (bicyclic) bond motifs is 3. The number of aryl methyl sites for hydroxylation is 3. The Balaban J connectivity index is 2.75. The van der Waals surface area contributed by atoms with Crippen LogP contribution in [0, 0.1) is 6.92 Å². The minimum Gasteiger partial charge on any atom is -0.311 e. The first kappa shape index (κ1) is 10.1. The second kappa shape index (κ2) is 3.20. The number of rotatable bonds is 0. The molecule has 1 aromatic carbocycles. The number of benzene rings is 1. The number of nitrogens with zero attached hydrogens (tertiary/aromatic N) is 3. The summed E-state index contributed by atoms with van der Waals surface area (Å²) in [7, 11) is 3.67. The molecule has 4 nitrogen and oxygen atoms in total. The number of para-hydroxylation sites is 1. The molecule has 0 aliphatic heterocycles. The SMILES string of the molecule is Cc1c2c(=O)n(C)c3ccccc3c2nn1C. The van der Waals surface area contributed by atoms with Crippen molar-refractivity contribution in [3.8, 4) is 0 Å². The summed E-state index contributed by atoms with van der Waals surface area (Å²) in [6.07, 6.45) is 0. The Bertz CT molecular complexity index is 796. The van der Waals surface area contributed by atoms with E-state index in [4.69, 9.17) is 0 Å². The van der Waals surface area contributed by atoms with Crippen LogP contribution in [-0.4, -0.2) is 14.3 Å². The molecule has 4 heteroatoms. The van der Waals surface area contributed by atoms with Crippen LogP contribution in [0.4, 0.5) is 0 Å². The topological polar surface area (TPSA) is 39.8 Å². The molecule has 0 atom stereocenters. The Morgan fingerprint density at radius 3 is 2.65 bits per heavy atom. The van der Waals surface area contributed by atoms with E-state index < -0.39 is 0 Å². The summed E-state index contributed by atoms with van der Waals surface area (Å²) in [5.74, 6) is 0. The molecule has 86 valence electrons. The van der Waals surface area contributed by atoms with Crippen molar-refractivity contribution in [1.29, 1.82) is 0 Å². The van der Waals surface area contributed by atoms with Crippen LogP contribution in [0.2, 0.25) is 0 Å². The maximum Gasteiger partial charge on any atom is 0.262 e. The highest BCUT2D eigenvalue weighted by atomic mass is 16.1. The first-order chi connectivity index (χ1) is 8.11. The minimum atomic E-state index is 0.0179. The molecule has 3 aromatic rings. The van der Waals surface area contributed by atoms with Gasteiger partial charge in [-0.15, -0.1) is 0 Å². The first-order valence-electron chi connectivity index (χ1n) is 5.52. The van der Waals surface area contributed by atoms with E-state index in [1.807, 2.05) is 38.2 Å². The average molecular weight is 227 g/mol. The van der Waals surface area contributed by atoms with Crippen LogP contribution >= 0.6 is 0 Å². The van der Waals surface area contributed by atoms with Crippen LogP contribution < -0.4 is 5.56 Å². The van der Waals surface area contributed by atoms with E-state index in [-0.39, 0.29) is 5.56 Å². The monoisotopic (exact) mass is 227 g/mol. The van der Waals surface area contributed by atoms with Crippen LogP contribution in [0.25, 0.3) is 21.8 Å². The molecule has 0 fully saturated rings. The molecule has 0 saturated carbocycles. The van der Waals surface area contributed by atoms with E-state index in [0.717, 1.165) is 22.1 Å². The fourth-order valence-electron chi connectivity index (χ4n) is 2.30. The Morgan fingerprint density at radius 2 is 1.88 bits per heavy atom. The van der Waals surface area contributed by atoms with Crippen molar-refractivity contribution in [3.63, 3.8) is 0 Å². The van der Waals surface area contributed by atoms with Crippen LogP contribution in [0.1, 0.15) is 5.69 Å². The number of aromatic nitrogens is 3. The normalized spacial score (nSPS) is 11.5. The lowest BCUT2D eigenvalue weighted by Gasteiger charge is -2.04. The Morgan fingerprint density at radius 1 is 1.18 bits per heavy atom. The number of hydrogen-bond donors (Lipinski definition) is 0. The molecular formula is C13H13N3O. The summed E-state index contributed by atoms with van der Waals surface area (Å²) in [5.41, 5.74) is 2.64. The zero-order chi connectivity index (χ0) is 12.2. The van der Waals surface area contributed by atoms with Crippen LogP contribution in [0.15, 0.2) is 29.1 Å². The summed E-state index contributed by atoms with van der Waals surface area (Å²) in [4.78, 5) is 12.3. The van der Waals surface area contributed by atoms with E-state index in [0.29, 0.717) is 5.39 Å². The molecule has 2 aromatic heterocycles. The summed E-state index contributed by atoms with van der Waals surface area (Å²) < 4.78 is 3.45. The van der Waals surface area contributed by atoms with Gasteiger partial charge in [0.15, 0.2) is 0 Å². The quantitative estimate of drug-likeness (QED) is 0.587. The standard InChI is InChI=1S/C13H13N3O/c1-8-11-12(14-16(8)3)9-6-4-5-7-10(9)15(2)13(11)17/h4-7H,1-3H3. The average Bonchev–Trinajstić information content (AvgIpc) is 2.63. The van der Waals surface area contributed by atoms with E-state index >= 15 is 0 Å². The van der Waals surface area contributed by atoms with Gasteiger partial charge in [0.1, 0.15) is 5.52 Å². The van der Waals surface area contributed by atoms with Crippen LogP contribution in [-0.2, 0) is 14.1 Å². The lowest BCUT2D eigenvalue weighted by Crippen LogP contribution is -2.17. The second-order valence-corrected chi connectivity index (χ2v) is 4.31. The predicted molar refractivity (Wildman–Crippen MR) is 68.2 cm³/mol. The van der Waals surface area contributed by atoms with Gasteiger partial charge in [-0.2, -0.15) is 5.10 Å². The Labute approximate surface area is 98.1 Å². The second-order valence-electron chi connectivity index (χ2n) is 4.31. The molecule has 0 saturated heterocycles. The largest absolute Gasteiger partial charge is 0.311 e. The van der Waals surface area contributed by atoms with Crippen molar-refractivity contribution in [3.05, 3.63) is 40.3 Å². The molecule has 0 spiro atoms. The molecule has 0 amide bonds. The van der Waals surface area contributed by atoms with Crippen molar-refractivity contribution in [2.24, 2.45) is 14.1 Å². The molecule has 17 heavy (non-hydrogen) atoms. The maximum atomic E-state index is 12.3. The van der Waals surface area contributed by atoms with Gasteiger partial charge < -0.3 is 4.57 Å². The fourth-order valence-corrected chi connectivity index (χ4v) is 2.30. The molecule has 3 rings (SSSR count). The molecule has 0 bridgehead atoms. The molecule has 0 aliphatic carbocycles. The van der Waals surface area contributed by atoms with Crippen molar-refractivity contribution in [1.82, 2.24) is 14.3 Å². The van der Waals surface area contributed by atoms with Crippen LogP contribution in [0.5, 0.6) is 0 Å². The van der Waals surface area contributed by atoms with Gasteiger partial charge >= 0.3 is 0 Å². The zero-order valence-electron chi connectivity index (χ0n) is 10.1. The lowest BCUT2D eigenvalue weighted by molar-refractivity contribution is 0.751. The van der Waals surface area contributed by atoms with Crippen LogP contribution in [0.3, 0.4) is 0 Å². The van der Waals surface area contributed by atoms with Gasteiger partial charge in [-0.25, -0.2) is 0 Å². The van der Waals surface area contributed by atoms with Gasteiger partial charge in [0.2, 0.25) is 0 Å². The van der Waals surface area contributed by atoms with Gasteiger partial charge in [0.05, 0.1) is 10.9 Å². The summed E-state index contributed by atoms with van der Waals surface area (Å²) in [6, 6.07) is 7.85. The zero-order valence-corrected chi connectivity index (χ0v) is 10.1. The van der Waals surface area contributed by atoms with Gasteiger partial charge in [-0.05, 0) is 13.0 Å². The van der Waals surface area contributed by atoms with Crippen molar-refractivity contribution in [2.75, 3.05) is 0 Å². The third-order valence-corrected chi connectivity index (χ3v) is 3.37. The highest BCUT2D eigenvalue weighted by Gasteiger charge is 2.14.